The SMILES string of the molecule is Cc1cc(Nc2cc(C)on2)nc(N2CCN(Cc3ccccc3)CC2)n1. The zero-order valence-corrected chi connectivity index (χ0v) is 15.7. The highest BCUT2D eigenvalue weighted by atomic mass is 16.5. The Labute approximate surface area is 159 Å². The van der Waals surface area contributed by atoms with Crippen molar-refractivity contribution >= 4 is 17.6 Å². The van der Waals surface area contributed by atoms with E-state index in [0.717, 1.165) is 55.9 Å². The van der Waals surface area contributed by atoms with Crippen LogP contribution in [-0.2, 0) is 6.54 Å². The van der Waals surface area contributed by atoms with Gasteiger partial charge in [0.1, 0.15) is 11.6 Å². The van der Waals surface area contributed by atoms with Crippen molar-refractivity contribution < 1.29 is 4.52 Å². The maximum Gasteiger partial charge on any atom is 0.227 e. The van der Waals surface area contributed by atoms with Crippen LogP contribution in [0.3, 0.4) is 0 Å². The van der Waals surface area contributed by atoms with Crippen molar-refractivity contribution in [3.05, 3.63) is 59.5 Å². The smallest absolute Gasteiger partial charge is 0.227 e. The molecule has 0 amide bonds. The fourth-order valence-electron chi connectivity index (χ4n) is 3.26. The molecule has 1 fully saturated rings. The molecule has 27 heavy (non-hydrogen) atoms. The number of nitrogens with one attached hydrogen (secondary N) is 1. The number of anilines is 3. The van der Waals surface area contributed by atoms with E-state index in [1.807, 2.05) is 26.0 Å². The molecule has 7 heteroatoms. The largest absolute Gasteiger partial charge is 0.360 e. The van der Waals surface area contributed by atoms with E-state index in [2.05, 4.69) is 60.6 Å². The lowest BCUT2D eigenvalue weighted by atomic mass is 10.2. The topological polar surface area (TPSA) is 70.3 Å². The van der Waals surface area contributed by atoms with Crippen LogP contribution in [0, 0.1) is 13.8 Å². The Balaban J connectivity index is 1.40. The molecule has 140 valence electrons. The van der Waals surface area contributed by atoms with Crippen LogP contribution in [0.25, 0.3) is 0 Å². The molecule has 1 aliphatic rings. The van der Waals surface area contributed by atoms with E-state index in [1.165, 1.54) is 5.56 Å². The van der Waals surface area contributed by atoms with Crippen LogP contribution < -0.4 is 10.2 Å². The van der Waals surface area contributed by atoms with Crippen LogP contribution in [0.4, 0.5) is 17.6 Å². The van der Waals surface area contributed by atoms with Gasteiger partial charge in [0.15, 0.2) is 5.82 Å². The van der Waals surface area contributed by atoms with Gasteiger partial charge in [0, 0.05) is 50.6 Å². The summed E-state index contributed by atoms with van der Waals surface area (Å²) in [6.45, 7) is 8.66. The summed E-state index contributed by atoms with van der Waals surface area (Å²) in [5.74, 6) is 2.91. The van der Waals surface area contributed by atoms with Crippen molar-refractivity contribution in [3.63, 3.8) is 0 Å². The predicted molar refractivity (Wildman–Crippen MR) is 105 cm³/mol. The molecular weight excluding hydrogens is 340 g/mol. The number of piperazine rings is 1. The monoisotopic (exact) mass is 364 g/mol. The van der Waals surface area contributed by atoms with Gasteiger partial charge < -0.3 is 14.7 Å². The lowest BCUT2D eigenvalue weighted by Gasteiger charge is -2.34. The van der Waals surface area contributed by atoms with E-state index in [1.54, 1.807) is 0 Å². The number of rotatable bonds is 5. The molecule has 3 aromatic rings. The molecule has 3 heterocycles. The third kappa shape index (κ3) is 4.43. The highest BCUT2D eigenvalue weighted by Crippen LogP contribution is 2.20. The molecule has 0 radical (unpaired) electrons. The number of aryl methyl sites for hydroxylation is 2. The number of hydrogen-bond donors (Lipinski definition) is 1. The van der Waals surface area contributed by atoms with Gasteiger partial charge in [-0.05, 0) is 19.4 Å². The van der Waals surface area contributed by atoms with E-state index in [4.69, 9.17) is 4.52 Å². The van der Waals surface area contributed by atoms with Crippen LogP contribution in [-0.4, -0.2) is 46.2 Å². The summed E-state index contributed by atoms with van der Waals surface area (Å²) >= 11 is 0. The summed E-state index contributed by atoms with van der Waals surface area (Å²) in [5.41, 5.74) is 2.28. The third-order valence-electron chi connectivity index (χ3n) is 4.63. The average Bonchev–Trinajstić information content (AvgIpc) is 3.07. The van der Waals surface area contributed by atoms with Crippen molar-refractivity contribution in [2.45, 2.75) is 20.4 Å². The maximum atomic E-state index is 5.10. The molecule has 1 aromatic carbocycles. The summed E-state index contributed by atoms with van der Waals surface area (Å²) in [6.07, 6.45) is 0. The van der Waals surface area contributed by atoms with Gasteiger partial charge in [-0.25, -0.2) is 4.98 Å². The summed E-state index contributed by atoms with van der Waals surface area (Å²) in [6, 6.07) is 14.4. The van der Waals surface area contributed by atoms with E-state index >= 15 is 0 Å². The van der Waals surface area contributed by atoms with Gasteiger partial charge in [0.05, 0.1) is 0 Å². The summed E-state index contributed by atoms with van der Waals surface area (Å²) < 4.78 is 5.10. The van der Waals surface area contributed by atoms with E-state index in [0.29, 0.717) is 5.82 Å². The number of aromatic nitrogens is 3. The highest BCUT2D eigenvalue weighted by molar-refractivity contribution is 5.54. The van der Waals surface area contributed by atoms with Gasteiger partial charge in [-0.3, -0.25) is 4.90 Å². The van der Waals surface area contributed by atoms with Crippen LogP contribution in [0.15, 0.2) is 47.0 Å². The van der Waals surface area contributed by atoms with Crippen LogP contribution in [0.1, 0.15) is 17.0 Å². The first kappa shape index (κ1) is 17.5. The Morgan fingerprint density at radius 1 is 0.963 bits per heavy atom. The minimum atomic E-state index is 0.657. The Morgan fingerprint density at radius 3 is 2.44 bits per heavy atom. The average molecular weight is 364 g/mol. The zero-order valence-electron chi connectivity index (χ0n) is 15.7. The molecule has 4 rings (SSSR count). The van der Waals surface area contributed by atoms with E-state index in [9.17, 15) is 0 Å². The van der Waals surface area contributed by atoms with Crippen LogP contribution in [0.5, 0.6) is 0 Å². The molecular formula is C20H24N6O. The highest BCUT2D eigenvalue weighted by Gasteiger charge is 2.20. The first-order chi connectivity index (χ1) is 13.2. The van der Waals surface area contributed by atoms with Gasteiger partial charge in [0.25, 0.3) is 0 Å². The van der Waals surface area contributed by atoms with Gasteiger partial charge in [-0.15, -0.1) is 0 Å². The molecule has 0 atom stereocenters. The molecule has 2 aromatic heterocycles. The summed E-state index contributed by atoms with van der Waals surface area (Å²) in [7, 11) is 0. The van der Waals surface area contributed by atoms with Crippen LogP contribution in [0.2, 0.25) is 0 Å². The fraction of sp³-hybridized carbons (Fsp3) is 0.350. The Morgan fingerprint density at radius 2 is 1.74 bits per heavy atom. The molecule has 1 N–H and O–H groups in total. The van der Waals surface area contributed by atoms with E-state index < -0.39 is 0 Å². The molecule has 7 nitrogen and oxygen atoms in total. The zero-order chi connectivity index (χ0) is 18.6. The summed E-state index contributed by atoms with van der Waals surface area (Å²) in [5, 5.41) is 7.16. The lowest BCUT2D eigenvalue weighted by molar-refractivity contribution is 0.248. The standard InChI is InChI=1S/C20H24N6O/c1-15-12-18(22-19-13-16(2)27-24-19)23-20(21-15)26-10-8-25(9-11-26)14-17-6-4-3-5-7-17/h3-7,12-13H,8-11,14H2,1-2H3,(H,21,22,23,24). The molecule has 0 saturated carbocycles. The fourth-order valence-corrected chi connectivity index (χ4v) is 3.26. The Bertz CT molecular complexity index is 886. The first-order valence-electron chi connectivity index (χ1n) is 9.23. The third-order valence-corrected chi connectivity index (χ3v) is 4.63. The predicted octanol–water partition coefficient (Wildman–Crippen LogP) is 3.15. The second-order valence-electron chi connectivity index (χ2n) is 6.89. The minimum absolute atomic E-state index is 0.657. The number of nitrogens with zero attached hydrogens (tertiary/aromatic N) is 5. The number of benzene rings is 1. The molecule has 0 unspecified atom stereocenters. The molecule has 0 aliphatic carbocycles. The second kappa shape index (κ2) is 7.75. The van der Waals surface area contributed by atoms with Crippen LogP contribution >= 0.6 is 0 Å². The molecule has 0 spiro atoms. The lowest BCUT2D eigenvalue weighted by Crippen LogP contribution is -2.46. The van der Waals surface area contributed by atoms with Crippen molar-refractivity contribution in [1.29, 1.82) is 0 Å². The van der Waals surface area contributed by atoms with Crippen molar-refractivity contribution in [1.82, 2.24) is 20.0 Å². The van der Waals surface area contributed by atoms with Crippen molar-refractivity contribution in [3.8, 4) is 0 Å². The van der Waals surface area contributed by atoms with E-state index in [-0.39, 0.29) is 0 Å². The first-order valence-corrected chi connectivity index (χ1v) is 9.23. The Kier molecular flexibility index (Phi) is 5.02. The van der Waals surface area contributed by atoms with Gasteiger partial charge in [-0.1, -0.05) is 35.5 Å². The van der Waals surface area contributed by atoms with Gasteiger partial charge in [0.2, 0.25) is 5.95 Å². The number of hydrogen-bond acceptors (Lipinski definition) is 7. The van der Waals surface area contributed by atoms with Gasteiger partial charge in [-0.2, -0.15) is 4.98 Å². The van der Waals surface area contributed by atoms with Crippen molar-refractivity contribution in [2.24, 2.45) is 0 Å². The Hall–Kier alpha value is -2.93. The second-order valence-corrected chi connectivity index (χ2v) is 6.89. The normalized spacial score (nSPS) is 15.1. The molecule has 1 aliphatic heterocycles. The quantitative estimate of drug-likeness (QED) is 0.746. The van der Waals surface area contributed by atoms with Crippen molar-refractivity contribution in [2.75, 3.05) is 36.4 Å². The van der Waals surface area contributed by atoms with Gasteiger partial charge >= 0.3 is 0 Å². The molecule has 0 bridgehead atoms. The minimum Gasteiger partial charge on any atom is -0.360 e. The summed E-state index contributed by atoms with van der Waals surface area (Å²) in [4.78, 5) is 14.0. The maximum absolute atomic E-state index is 5.10. The molecule has 1 saturated heterocycles.